The fourth-order valence-corrected chi connectivity index (χ4v) is 4.28. The van der Waals surface area contributed by atoms with Crippen LogP contribution in [0.2, 0.25) is 0 Å². The first-order valence-corrected chi connectivity index (χ1v) is 10.3. The Bertz CT molecular complexity index is 1320. The van der Waals surface area contributed by atoms with Crippen molar-refractivity contribution in [1.82, 2.24) is 0 Å². The summed E-state index contributed by atoms with van der Waals surface area (Å²) in [6, 6.07) is 13.5. The molecule has 0 amide bonds. The second-order valence-electron chi connectivity index (χ2n) is 6.62. The summed E-state index contributed by atoms with van der Waals surface area (Å²) >= 11 is 1.36. The van der Waals surface area contributed by atoms with Crippen molar-refractivity contribution in [1.29, 1.82) is 0 Å². The van der Waals surface area contributed by atoms with E-state index in [1.165, 1.54) is 11.8 Å². The Balaban J connectivity index is 1.71. The van der Waals surface area contributed by atoms with Crippen molar-refractivity contribution < 1.29 is 19.0 Å². The van der Waals surface area contributed by atoms with Crippen molar-refractivity contribution in [3.05, 3.63) is 80.5 Å². The van der Waals surface area contributed by atoms with Crippen LogP contribution in [-0.2, 0) is 6.42 Å². The molecule has 29 heavy (non-hydrogen) atoms. The maximum Gasteiger partial charge on any atom is 0.344 e. The Kier molecular flexibility index (Phi) is 5.07. The van der Waals surface area contributed by atoms with E-state index in [9.17, 15) is 19.8 Å². The smallest absolute Gasteiger partial charge is 0.344 e. The maximum atomic E-state index is 12.5. The van der Waals surface area contributed by atoms with Gasteiger partial charge in [0, 0.05) is 5.25 Å². The number of hydrogen-bond donors (Lipinski definition) is 2. The molecule has 148 valence electrons. The van der Waals surface area contributed by atoms with Gasteiger partial charge in [0.15, 0.2) is 0 Å². The summed E-state index contributed by atoms with van der Waals surface area (Å²) in [4.78, 5) is 24.8. The molecule has 2 aromatic carbocycles. The molecule has 0 saturated heterocycles. The number of para-hydroxylation sites is 2. The van der Waals surface area contributed by atoms with E-state index >= 15 is 0 Å². The predicted octanol–water partition coefficient (Wildman–Crippen LogP) is 4.35. The molecule has 2 heterocycles. The van der Waals surface area contributed by atoms with Crippen LogP contribution in [0.4, 0.5) is 0 Å². The van der Waals surface area contributed by atoms with Gasteiger partial charge in [0.05, 0.1) is 21.9 Å². The second-order valence-corrected chi connectivity index (χ2v) is 7.66. The van der Waals surface area contributed by atoms with Gasteiger partial charge >= 0.3 is 11.3 Å². The largest absolute Gasteiger partial charge is 0.507 e. The molecule has 0 aliphatic rings. The van der Waals surface area contributed by atoms with Gasteiger partial charge < -0.3 is 19.0 Å². The van der Waals surface area contributed by atoms with Crippen LogP contribution in [0.5, 0.6) is 11.5 Å². The van der Waals surface area contributed by atoms with E-state index in [0.717, 1.165) is 0 Å². The van der Waals surface area contributed by atoms with E-state index in [-0.39, 0.29) is 29.0 Å². The van der Waals surface area contributed by atoms with Crippen molar-refractivity contribution >= 4 is 33.7 Å². The molecule has 0 aliphatic heterocycles. The molecule has 1 unspecified atom stereocenters. The minimum absolute atomic E-state index is 0.119. The highest BCUT2D eigenvalue weighted by Gasteiger charge is 2.24. The zero-order chi connectivity index (χ0) is 20.5. The molecule has 0 radical (unpaired) electrons. The molecule has 0 aliphatic carbocycles. The molecule has 0 saturated carbocycles. The minimum atomic E-state index is -0.615. The standard InChI is InChI=1S/C22H18O6S/c1-29-17(18-20(24)13-7-3-5-9-16(13)28-22(18)26)11-10-14-19(23)12-6-2-4-8-15(12)27-21(14)25/h2-9,17,23-24H,10-11H2,1H3. The SMILES string of the molecule is CSC(CCc1c(O)c2ccccc2oc1=O)c1c(O)c2ccccc2oc1=O. The van der Waals surface area contributed by atoms with E-state index in [1.54, 1.807) is 48.5 Å². The van der Waals surface area contributed by atoms with Gasteiger partial charge in [0.1, 0.15) is 22.7 Å². The fraction of sp³-hybridized carbons (Fsp3) is 0.182. The second kappa shape index (κ2) is 7.67. The first kappa shape index (κ1) is 19.1. The highest BCUT2D eigenvalue weighted by Crippen LogP contribution is 2.38. The molecule has 1 atom stereocenters. The van der Waals surface area contributed by atoms with Crippen LogP contribution in [0, 0.1) is 0 Å². The molecule has 0 fully saturated rings. The van der Waals surface area contributed by atoms with Crippen LogP contribution in [-0.4, -0.2) is 16.5 Å². The molecule has 4 rings (SSSR count). The van der Waals surface area contributed by atoms with E-state index in [1.807, 2.05) is 6.26 Å². The van der Waals surface area contributed by atoms with E-state index in [0.29, 0.717) is 28.4 Å². The van der Waals surface area contributed by atoms with Crippen molar-refractivity contribution in [3.63, 3.8) is 0 Å². The Morgan fingerprint density at radius 3 is 2.03 bits per heavy atom. The Hall–Kier alpha value is -3.19. The molecule has 6 nitrogen and oxygen atoms in total. The normalized spacial score (nSPS) is 12.4. The minimum Gasteiger partial charge on any atom is -0.507 e. The van der Waals surface area contributed by atoms with Gasteiger partial charge in [0.2, 0.25) is 0 Å². The van der Waals surface area contributed by atoms with Crippen LogP contribution >= 0.6 is 11.8 Å². The quantitative estimate of drug-likeness (QED) is 0.472. The lowest BCUT2D eigenvalue weighted by atomic mass is 10.0. The third-order valence-electron chi connectivity index (χ3n) is 4.96. The van der Waals surface area contributed by atoms with Crippen molar-refractivity contribution in [2.24, 2.45) is 0 Å². The van der Waals surface area contributed by atoms with Gasteiger partial charge in [-0.25, -0.2) is 9.59 Å². The van der Waals surface area contributed by atoms with Gasteiger partial charge in [-0.1, -0.05) is 24.3 Å². The first-order valence-electron chi connectivity index (χ1n) is 9.02. The average molecular weight is 410 g/mol. The van der Waals surface area contributed by atoms with Crippen LogP contribution in [0.1, 0.15) is 22.8 Å². The molecule has 0 bridgehead atoms. The zero-order valence-electron chi connectivity index (χ0n) is 15.5. The van der Waals surface area contributed by atoms with E-state index in [2.05, 4.69) is 0 Å². The van der Waals surface area contributed by atoms with Gasteiger partial charge in [0.25, 0.3) is 0 Å². The predicted molar refractivity (Wildman–Crippen MR) is 113 cm³/mol. The van der Waals surface area contributed by atoms with Crippen molar-refractivity contribution in [2.45, 2.75) is 18.1 Å². The summed E-state index contributed by atoms with van der Waals surface area (Å²) in [5.41, 5.74) is -0.307. The zero-order valence-corrected chi connectivity index (χ0v) is 16.4. The van der Waals surface area contributed by atoms with Gasteiger partial charge in [-0.2, -0.15) is 11.8 Å². The third kappa shape index (κ3) is 3.38. The molecular formula is C22H18O6S. The summed E-state index contributed by atoms with van der Waals surface area (Å²) in [5.74, 6) is -0.238. The lowest BCUT2D eigenvalue weighted by Crippen LogP contribution is -2.14. The van der Waals surface area contributed by atoms with Crippen LogP contribution in [0.15, 0.2) is 67.0 Å². The fourth-order valence-electron chi connectivity index (χ4n) is 3.48. The summed E-state index contributed by atoms with van der Waals surface area (Å²) in [6.07, 6.45) is 2.31. The van der Waals surface area contributed by atoms with Gasteiger partial charge in [-0.3, -0.25) is 0 Å². The number of benzene rings is 2. The number of thioether (sulfide) groups is 1. The highest BCUT2D eigenvalue weighted by molar-refractivity contribution is 7.98. The average Bonchev–Trinajstić information content (AvgIpc) is 2.72. The highest BCUT2D eigenvalue weighted by atomic mass is 32.2. The molecule has 2 N–H and O–H groups in total. The summed E-state index contributed by atoms with van der Waals surface area (Å²) < 4.78 is 10.7. The number of hydrogen-bond acceptors (Lipinski definition) is 7. The van der Waals surface area contributed by atoms with Crippen LogP contribution < -0.4 is 11.3 Å². The van der Waals surface area contributed by atoms with Crippen LogP contribution in [0.3, 0.4) is 0 Å². The summed E-state index contributed by atoms with van der Waals surface area (Å²) in [7, 11) is 0. The van der Waals surface area contributed by atoms with Crippen LogP contribution in [0.25, 0.3) is 21.9 Å². The topological polar surface area (TPSA) is 101 Å². The van der Waals surface area contributed by atoms with E-state index < -0.39 is 16.5 Å². The first-order chi connectivity index (χ1) is 14.0. The number of rotatable bonds is 5. The summed E-state index contributed by atoms with van der Waals surface area (Å²) in [5, 5.41) is 21.7. The van der Waals surface area contributed by atoms with E-state index in [4.69, 9.17) is 8.83 Å². The third-order valence-corrected chi connectivity index (χ3v) is 6.00. The lowest BCUT2D eigenvalue weighted by molar-refractivity contribution is 0.449. The van der Waals surface area contributed by atoms with Gasteiger partial charge in [-0.15, -0.1) is 0 Å². The van der Waals surface area contributed by atoms with Gasteiger partial charge in [-0.05, 0) is 43.4 Å². The monoisotopic (exact) mass is 410 g/mol. The molecule has 0 spiro atoms. The van der Waals surface area contributed by atoms with Crippen molar-refractivity contribution in [3.8, 4) is 11.5 Å². The molecule has 7 heteroatoms. The Morgan fingerprint density at radius 2 is 1.41 bits per heavy atom. The lowest BCUT2D eigenvalue weighted by Gasteiger charge is -2.16. The molecule has 4 aromatic rings. The summed E-state index contributed by atoms with van der Waals surface area (Å²) in [6.45, 7) is 0. The Labute approximate surface area is 169 Å². The maximum absolute atomic E-state index is 12.5. The number of aromatic hydroxyl groups is 2. The van der Waals surface area contributed by atoms with Crippen molar-refractivity contribution in [2.75, 3.05) is 6.26 Å². The molecule has 2 aromatic heterocycles. The Morgan fingerprint density at radius 1 is 0.862 bits per heavy atom. The number of fused-ring (bicyclic) bond motifs is 2. The molecular weight excluding hydrogens is 392 g/mol.